The summed E-state index contributed by atoms with van der Waals surface area (Å²) in [5.74, 6) is -0.132. The molecule has 5 nitrogen and oxygen atoms in total. The minimum Gasteiger partial charge on any atom is -0.349 e. The molecule has 0 unspecified atom stereocenters. The Bertz CT molecular complexity index is 916. The molecule has 0 saturated heterocycles. The van der Waals surface area contributed by atoms with E-state index in [1.807, 2.05) is 24.3 Å². The number of benzene rings is 2. The van der Waals surface area contributed by atoms with Crippen molar-refractivity contribution in [3.05, 3.63) is 59.7 Å². The molecule has 1 saturated carbocycles. The van der Waals surface area contributed by atoms with Gasteiger partial charge >= 0.3 is 0 Å². The normalized spacial score (nSPS) is 17.3. The molecule has 1 aliphatic carbocycles. The topological polar surface area (TPSA) is 66.5 Å². The number of hydrogen-bond donors (Lipinski definition) is 1. The van der Waals surface area contributed by atoms with Gasteiger partial charge in [0, 0.05) is 18.2 Å². The maximum Gasteiger partial charge on any atom is 0.264 e. The van der Waals surface area contributed by atoms with Gasteiger partial charge < -0.3 is 5.32 Å². The summed E-state index contributed by atoms with van der Waals surface area (Å²) in [4.78, 5) is 12.5. The van der Waals surface area contributed by atoms with E-state index < -0.39 is 10.0 Å². The number of sulfonamides is 1. The number of anilines is 1. The van der Waals surface area contributed by atoms with Crippen molar-refractivity contribution in [2.75, 3.05) is 10.8 Å². The Kier molecular flexibility index (Phi) is 4.44. The zero-order valence-corrected chi connectivity index (χ0v) is 15.3. The van der Waals surface area contributed by atoms with E-state index in [-0.39, 0.29) is 16.8 Å². The highest BCUT2D eigenvalue weighted by molar-refractivity contribution is 7.92. The van der Waals surface area contributed by atoms with Crippen LogP contribution in [0.15, 0.2) is 53.4 Å². The van der Waals surface area contributed by atoms with Gasteiger partial charge in [-0.15, -0.1) is 0 Å². The Morgan fingerprint density at radius 1 is 1.00 bits per heavy atom. The van der Waals surface area contributed by atoms with Crippen LogP contribution in [-0.4, -0.2) is 26.9 Å². The minimum absolute atomic E-state index is 0.132. The van der Waals surface area contributed by atoms with Crippen LogP contribution in [0.3, 0.4) is 0 Å². The molecule has 4 rings (SSSR count). The molecule has 1 amide bonds. The van der Waals surface area contributed by atoms with E-state index >= 15 is 0 Å². The van der Waals surface area contributed by atoms with Crippen LogP contribution in [0.2, 0.25) is 0 Å². The second kappa shape index (κ2) is 6.76. The van der Waals surface area contributed by atoms with Gasteiger partial charge in [-0.3, -0.25) is 9.10 Å². The summed E-state index contributed by atoms with van der Waals surface area (Å²) in [6.07, 6.45) is 5.06. The van der Waals surface area contributed by atoms with E-state index in [1.165, 1.54) is 16.4 Å². The van der Waals surface area contributed by atoms with Crippen molar-refractivity contribution in [3.8, 4) is 0 Å². The lowest BCUT2D eigenvalue weighted by molar-refractivity contribution is 0.0938. The summed E-state index contributed by atoms with van der Waals surface area (Å²) in [6, 6.07) is 14.1. The standard InChI is InChI=1S/C20H22N2O3S/c23-20(21-17-6-2-3-7-17)16-9-11-18(12-10-16)26(24,25)22-14-13-15-5-1-4-8-19(15)22/h1,4-5,8-12,17H,2-3,6-7,13-14H2,(H,21,23). The number of nitrogens with zero attached hydrogens (tertiary/aromatic N) is 1. The van der Waals surface area contributed by atoms with Crippen molar-refractivity contribution in [3.63, 3.8) is 0 Å². The molecule has 1 fully saturated rings. The molecule has 2 aliphatic rings. The smallest absolute Gasteiger partial charge is 0.264 e. The average Bonchev–Trinajstić information content (AvgIpc) is 3.31. The number of rotatable bonds is 4. The third kappa shape index (κ3) is 3.09. The van der Waals surface area contributed by atoms with Crippen molar-refractivity contribution < 1.29 is 13.2 Å². The molecular weight excluding hydrogens is 348 g/mol. The van der Waals surface area contributed by atoms with E-state index in [2.05, 4.69) is 5.32 Å². The molecule has 0 aromatic heterocycles. The monoisotopic (exact) mass is 370 g/mol. The number of nitrogens with one attached hydrogen (secondary N) is 1. The maximum atomic E-state index is 13.0. The first-order valence-corrected chi connectivity index (χ1v) is 10.5. The summed E-state index contributed by atoms with van der Waals surface area (Å²) < 4.78 is 27.4. The third-order valence-electron chi connectivity index (χ3n) is 5.24. The molecular formula is C20H22N2O3S. The Balaban J connectivity index is 1.54. The van der Waals surface area contributed by atoms with Crippen molar-refractivity contribution in [1.82, 2.24) is 5.32 Å². The number of para-hydroxylation sites is 1. The second-order valence-electron chi connectivity index (χ2n) is 6.94. The highest BCUT2D eigenvalue weighted by atomic mass is 32.2. The number of carbonyl (C=O) groups excluding carboxylic acids is 1. The Hall–Kier alpha value is -2.34. The Morgan fingerprint density at radius 2 is 1.69 bits per heavy atom. The summed E-state index contributed by atoms with van der Waals surface area (Å²) >= 11 is 0. The molecule has 0 atom stereocenters. The fraction of sp³-hybridized carbons (Fsp3) is 0.350. The molecule has 1 aliphatic heterocycles. The average molecular weight is 370 g/mol. The SMILES string of the molecule is O=C(NC1CCCC1)c1ccc(S(=O)(=O)N2CCc3ccccc32)cc1. The molecule has 26 heavy (non-hydrogen) atoms. The minimum atomic E-state index is -3.62. The molecule has 6 heteroatoms. The molecule has 0 spiro atoms. The van der Waals surface area contributed by atoms with Gasteiger partial charge in [0.1, 0.15) is 0 Å². The Morgan fingerprint density at radius 3 is 2.42 bits per heavy atom. The fourth-order valence-corrected chi connectivity index (χ4v) is 5.31. The van der Waals surface area contributed by atoms with Crippen LogP contribution < -0.4 is 9.62 Å². The quantitative estimate of drug-likeness (QED) is 0.899. The first kappa shape index (κ1) is 17.1. The van der Waals surface area contributed by atoms with Crippen LogP contribution in [0.5, 0.6) is 0 Å². The van der Waals surface area contributed by atoms with Crippen LogP contribution in [0.1, 0.15) is 41.6 Å². The largest absolute Gasteiger partial charge is 0.349 e. The molecule has 0 bridgehead atoms. The van der Waals surface area contributed by atoms with Gasteiger partial charge in [0.25, 0.3) is 15.9 Å². The lowest BCUT2D eigenvalue weighted by Crippen LogP contribution is -2.32. The first-order valence-electron chi connectivity index (χ1n) is 9.07. The maximum absolute atomic E-state index is 13.0. The second-order valence-corrected chi connectivity index (χ2v) is 8.80. The van der Waals surface area contributed by atoms with Crippen molar-refractivity contribution in [1.29, 1.82) is 0 Å². The van der Waals surface area contributed by atoms with Gasteiger partial charge in [-0.2, -0.15) is 0 Å². The number of fused-ring (bicyclic) bond motifs is 1. The number of hydrogen-bond acceptors (Lipinski definition) is 3. The fourth-order valence-electron chi connectivity index (χ4n) is 3.80. The Labute approximate surface area is 154 Å². The number of amides is 1. The van der Waals surface area contributed by atoms with Gasteiger partial charge in [-0.25, -0.2) is 8.42 Å². The molecule has 1 N–H and O–H groups in total. The van der Waals surface area contributed by atoms with E-state index in [4.69, 9.17) is 0 Å². The van der Waals surface area contributed by atoms with Crippen LogP contribution in [-0.2, 0) is 16.4 Å². The summed E-state index contributed by atoms with van der Waals surface area (Å²) in [5, 5.41) is 3.02. The van der Waals surface area contributed by atoms with E-state index in [0.717, 1.165) is 43.4 Å². The predicted molar refractivity (Wildman–Crippen MR) is 101 cm³/mol. The zero-order chi connectivity index (χ0) is 18.1. The van der Waals surface area contributed by atoms with Crippen molar-refractivity contribution in [2.45, 2.75) is 43.0 Å². The van der Waals surface area contributed by atoms with Crippen LogP contribution in [0, 0.1) is 0 Å². The van der Waals surface area contributed by atoms with E-state index in [0.29, 0.717) is 12.1 Å². The first-order chi connectivity index (χ1) is 12.6. The molecule has 2 aromatic carbocycles. The van der Waals surface area contributed by atoms with E-state index in [9.17, 15) is 13.2 Å². The van der Waals surface area contributed by atoms with E-state index in [1.54, 1.807) is 12.1 Å². The molecule has 1 heterocycles. The van der Waals surface area contributed by atoms with Gasteiger partial charge in [-0.05, 0) is 55.2 Å². The van der Waals surface area contributed by atoms with Gasteiger partial charge in [0.15, 0.2) is 0 Å². The molecule has 2 aromatic rings. The summed E-state index contributed by atoms with van der Waals surface area (Å²) in [5.41, 5.74) is 2.29. The zero-order valence-electron chi connectivity index (χ0n) is 14.5. The lowest BCUT2D eigenvalue weighted by atomic mass is 10.2. The summed E-state index contributed by atoms with van der Waals surface area (Å²) in [6.45, 7) is 0.450. The van der Waals surface area contributed by atoms with Gasteiger partial charge in [-0.1, -0.05) is 31.0 Å². The predicted octanol–water partition coefficient (Wildman–Crippen LogP) is 3.11. The van der Waals surface area contributed by atoms with Crippen molar-refractivity contribution in [2.24, 2.45) is 0 Å². The van der Waals surface area contributed by atoms with Crippen molar-refractivity contribution >= 4 is 21.6 Å². The van der Waals surface area contributed by atoms with Crippen LogP contribution in [0.25, 0.3) is 0 Å². The molecule has 0 radical (unpaired) electrons. The summed E-state index contributed by atoms with van der Waals surface area (Å²) in [7, 11) is -3.62. The number of carbonyl (C=O) groups is 1. The van der Waals surface area contributed by atoms with Crippen LogP contribution >= 0.6 is 0 Å². The lowest BCUT2D eigenvalue weighted by Gasteiger charge is -2.19. The molecule has 136 valence electrons. The highest BCUT2D eigenvalue weighted by Gasteiger charge is 2.30. The van der Waals surface area contributed by atoms with Crippen LogP contribution in [0.4, 0.5) is 5.69 Å². The third-order valence-corrected chi connectivity index (χ3v) is 7.07. The van der Waals surface area contributed by atoms with Gasteiger partial charge in [0.2, 0.25) is 0 Å². The van der Waals surface area contributed by atoms with Gasteiger partial charge in [0.05, 0.1) is 10.6 Å². The highest BCUT2D eigenvalue weighted by Crippen LogP contribution is 2.32.